The average molecular weight is 351 g/mol. The predicted molar refractivity (Wildman–Crippen MR) is 102 cm³/mol. The maximum atomic E-state index is 12.6. The normalized spacial score (nSPS) is 18.0. The van der Waals surface area contributed by atoms with E-state index in [2.05, 4.69) is 25.2 Å². The van der Waals surface area contributed by atoms with Crippen LogP contribution in [0.5, 0.6) is 0 Å². The number of aryl methyl sites for hydroxylation is 2. The zero-order valence-corrected chi connectivity index (χ0v) is 15.6. The minimum atomic E-state index is 0.225. The van der Waals surface area contributed by atoms with Gasteiger partial charge in [0.2, 0.25) is 5.91 Å². The fraction of sp³-hybridized carbons (Fsp3) is 0.450. The number of amides is 1. The van der Waals surface area contributed by atoms with E-state index in [0.29, 0.717) is 18.9 Å². The van der Waals surface area contributed by atoms with Gasteiger partial charge in [0.05, 0.1) is 5.52 Å². The van der Waals surface area contributed by atoms with Crippen LogP contribution >= 0.6 is 0 Å². The second-order valence-corrected chi connectivity index (χ2v) is 7.21. The fourth-order valence-electron chi connectivity index (χ4n) is 3.89. The molecular formula is C20H25N5O. The Morgan fingerprint density at radius 3 is 2.92 bits per heavy atom. The van der Waals surface area contributed by atoms with Crippen molar-refractivity contribution in [1.29, 1.82) is 0 Å². The molecule has 0 aliphatic carbocycles. The van der Waals surface area contributed by atoms with Crippen LogP contribution in [0.1, 0.15) is 30.3 Å². The summed E-state index contributed by atoms with van der Waals surface area (Å²) in [5, 5.41) is 9.14. The molecule has 6 nitrogen and oxygen atoms in total. The molecular weight excluding hydrogens is 326 g/mol. The summed E-state index contributed by atoms with van der Waals surface area (Å²) in [6.45, 7) is 8.68. The van der Waals surface area contributed by atoms with Crippen LogP contribution in [0.25, 0.3) is 16.6 Å². The lowest BCUT2D eigenvalue weighted by Crippen LogP contribution is -2.51. The van der Waals surface area contributed by atoms with Crippen molar-refractivity contribution >= 4 is 22.5 Å². The van der Waals surface area contributed by atoms with Crippen LogP contribution in [-0.4, -0.2) is 51.1 Å². The highest BCUT2D eigenvalue weighted by Crippen LogP contribution is 2.23. The SMILES string of the molecule is Cc1nc2c3ccccc3nn2c(C)c1CCC(=O)N1CCNC(C)C1. The van der Waals surface area contributed by atoms with E-state index in [9.17, 15) is 4.79 Å². The standard InChI is InChI=1S/C20H25N5O/c1-13-12-24(11-10-21-13)19(26)9-8-16-14(2)22-20-17-6-4-5-7-18(17)23-25(20)15(16)3/h4-7,13,21H,8-12H2,1-3H3. The molecule has 1 saturated heterocycles. The molecule has 1 unspecified atom stereocenters. The molecule has 3 heterocycles. The van der Waals surface area contributed by atoms with Gasteiger partial charge in [-0.2, -0.15) is 5.10 Å². The second kappa shape index (κ2) is 6.68. The molecule has 0 radical (unpaired) electrons. The van der Waals surface area contributed by atoms with Crippen LogP contribution in [-0.2, 0) is 11.2 Å². The van der Waals surface area contributed by atoms with Gasteiger partial charge in [0.1, 0.15) is 0 Å². The molecule has 1 atom stereocenters. The monoisotopic (exact) mass is 351 g/mol. The van der Waals surface area contributed by atoms with Crippen molar-refractivity contribution in [1.82, 2.24) is 24.8 Å². The number of benzene rings is 1. The van der Waals surface area contributed by atoms with Crippen molar-refractivity contribution in [3.05, 3.63) is 41.2 Å². The van der Waals surface area contributed by atoms with Gasteiger partial charge in [-0.3, -0.25) is 4.79 Å². The summed E-state index contributed by atoms with van der Waals surface area (Å²) in [6.07, 6.45) is 1.22. The van der Waals surface area contributed by atoms with E-state index in [1.807, 2.05) is 34.5 Å². The molecule has 1 fully saturated rings. The van der Waals surface area contributed by atoms with Crippen LogP contribution in [0.15, 0.2) is 24.3 Å². The summed E-state index contributed by atoms with van der Waals surface area (Å²) in [4.78, 5) is 19.4. The van der Waals surface area contributed by atoms with Crippen LogP contribution in [0, 0.1) is 13.8 Å². The van der Waals surface area contributed by atoms with Crippen molar-refractivity contribution in [2.75, 3.05) is 19.6 Å². The molecule has 0 saturated carbocycles. The Kier molecular flexibility index (Phi) is 4.36. The summed E-state index contributed by atoms with van der Waals surface area (Å²) < 4.78 is 1.92. The van der Waals surface area contributed by atoms with Gasteiger partial charge in [-0.25, -0.2) is 9.50 Å². The quantitative estimate of drug-likeness (QED) is 0.786. The van der Waals surface area contributed by atoms with Crippen LogP contribution in [0.2, 0.25) is 0 Å². The smallest absolute Gasteiger partial charge is 0.223 e. The van der Waals surface area contributed by atoms with Crippen molar-refractivity contribution < 1.29 is 4.79 Å². The number of nitrogens with one attached hydrogen (secondary N) is 1. The Morgan fingerprint density at radius 1 is 1.31 bits per heavy atom. The Bertz CT molecular complexity index is 977. The average Bonchev–Trinajstić information content (AvgIpc) is 3.00. The van der Waals surface area contributed by atoms with Gasteiger partial charge in [0.25, 0.3) is 0 Å². The van der Waals surface area contributed by atoms with Crippen molar-refractivity contribution in [3.63, 3.8) is 0 Å². The van der Waals surface area contributed by atoms with Gasteiger partial charge in [-0.15, -0.1) is 0 Å². The molecule has 0 spiro atoms. The third kappa shape index (κ3) is 2.94. The molecule has 4 rings (SSSR count). The minimum Gasteiger partial charge on any atom is -0.340 e. The Morgan fingerprint density at radius 2 is 2.12 bits per heavy atom. The Hall–Kier alpha value is -2.47. The highest BCUT2D eigenvalue weighted by atomic mass is 16.2. The lowest BCUT2D eigenvalue weighted by Gasteiger charge is -2.32. The molecule has 3 aromatic rings. The zero-order valence-electron chi connectivity index (χ0n) is 15.6. The first-order valence-corrected chi connectivity index (χ1v) is 9.29. The maximum absolute atomic E-state index is 12.6. The summed E-state index contributed by atoms with van der Waals surface area (Å²) in [5.41, 5.74) is 5.03. The predicted octanol–water partition coefficient (Wildman–Crippen LogP) is 2.25. The summed E-state index contributed by atoms with van der Waals surface area (Å²) in [5.74, 6) is 0.225. The maximum Gasteiger partial charge on any atom is 0.223 e. The van der Waals surface area contributed by atoms with Crippen molar-refractivity contribution in [2.24, 2.45) is 0 Å². The van der Waals surface area contributed by atoms with Gasteiger partial charge >= 0.3 is 0 Å². The van der Waals surface area contributed by atoms with E-state index in [1.54, 1.807) is 0 Å². The number of piperazine rings is 1. The fourth-order valence-corrected chi connectivity index (χ4v) is 3.89. The number of carbonyl (C=O) groups is 1. The van der Waals surface area contributed by atoms with Gasteiger partial charge in [-0.05, 0) is 44.9 Å². The van der Waals surface area contributed by atoms with E-state index in [-0.39, 0.29) is 5.91 Å². The molecule has 136 valence electrons. The molecule has 1 aromatic carbocycles. The number of fused-ring (bicyclic) bond motifs is 3. The first kappa shape index (κ1) is 17.0. The van der Waals surface area contributed by atoms with Crippen LogP contribution in [0.4, 0.5) is 0 Å². The van der Waals surface area contributed by atoms with Crippen LogP contribution < -0.4 is 5.32 Å². The first-order chi connectivity index (χ1) is 12.5. The summed E-state index contributed by atoms with van der Waals surface area (Å²) in [7, 11) is 0. The molecule has 1 amide bonds. The van der Waals surface area contributed by atoms with E-state index in [4.69, 9.17) is 10.1 Å². The van der Waals surface area contributed by atoms with Crippen LogP contribution in [0.3, 0.4) is 0 Å². The highest BCUT2D eigenvalue weighted by Gasteiger charge is 2.21. The van der Waals surface area contributed by atoms with Gasteiger partial charge < -0.3 is 10.2 Å². The van der Waals surface area contributed by atoms with Gasteiger partial charge in [0, 0.05) is 48.9 Å². The van der Waals surface area contributed by atoms with Crippen molar-refractivity contribution in [3.8, 4) is 0 Å². The first-order valence-electron chi connectivity index (χ1n) is 9.29. The lowest BCUT2D eigenvalue weighted by atomic mass is 10.1. The lowest BCUT2D eigenvalue weighted by molar-refractivity contribution is -0.132. The molecule has 0 bridgehead atoms. The second-order valence-electron chi connectivity index (χ2n) is 7.21. The number of aromatic nitrogens is 3. The zero-order chi connectivity index (χ0) is 18.3. The van der Waals surface area contributed by atoms with E-state index in [0.717, 1.165) is 53.1 Å². The topological polar surface area (TPSA) is 62.5 Å². The molecule has 6 heteroatoms. The number of hydrogen-bond acceptors (Lipinski definition) is 4. The van der Waals surface area contributed by atoms with Gasteiger partial charge in [0.15, 0.2) is 5.65 Å². The molecule has 1 N–H and O–H groups in total. The van der Waals surface area contributed by atoms with Crippen molar-refractivity contribution in [2.45, 2.75) is 39.7 Å². The van der Waals surface area contributed by atoms with E-state index >= 15 is 0 Å². The molecule has 1 aliphatic heterocycles. The number of nitrogens with zero attached hydrogens (tertiary/aromatic N) is 4. The third-order valence-corrected chi connectivity index (χ3v) is 5.33. The molecule has 1 aliphatic rings. The van der Waals surface area contributed by atoms with E-state index in [1.165, 1.54) is 0 Å². The highest BCUT2D eigenvalue weighted by molar-refractivity contribution is 5.92. The Labute approximate surface area is 153 Å². The number of rotatable bonds is 3. The molecule has 2 aromatic heterocycles. The number of carbonyl (C=O) groups excluding carboxylic acids is 1. The van der Waals surface area contributed by atoms with E-state index < -0.39 is 0 Å². The molecule has 26 heavy (non-hydrogen) atoms. The minimum absolute atomic E-state index is 0.225. The largest absolute Gasteiger partial charge is 0.340 e. The number of hydrogen-bond donors (Lipinski definition) is 1. The Balaban J connectivity index is 1.60. The third-order valence-electron chi connectivity index (χ3n) is 5.33. The summed E-state index contributed by atoms with van der Waals surface area (Å²) >= 11 is 0. The summed E-state index contributed by atoms with van der Waals surface area (Å²) in [6, 6.07) is 8.43. The van der Waals surface area contributed by atoms with Gasteiger partial charge in [-0.1, -0.05) is 12.1 Å².